The van der Waals surface area contributed by atoms with Crippen LogP contribution in [0.25, 0.3) is 0 Å². The first kappa shape index (κ1) is 20.9. The normalized spacial score (nSPS) is 12.6. The molecule has 2 aromatic rings. The zero-order valence-corrected chi connectivity index (χ0v) is 17.5. The summed E-state index contributed by atoms with van der Waals surface area (Å²) in [5.74, 6) is 0.790. The molecular formula is C20H29N5OS. The molecule has 1 heterocycles. The van der Waals surface area contributed by atoms with Gasteiger partial charge in [-0.25, -0.2) is 4.98 Å². The lowest BCUT2D eigenvalue weighted by atomic mass is 10.1. The molecule has 3 N–H and O–H groups in total. The highest BCUT2D eigenvalue weighted by Crippen LogP contribution is 2.16. The summed E-state index contributed by atoms with van der Waals surface area (Å²) in [4.78, 5) is 22.0. The molecule has 0 saturated carbocycles. The third kappa shape index (κ3) is 6.36. The Morgan fingerprint density at radius 2 is 2.00 bits per heavy atom. The Morgan fingerprint density at radius 1 is 1.26 bits per heavy atom. The number of nitrogens with zero attached hydrogens (tertiary/aromatic N) is 2. The Labute approximate surface area is 165 Å². The van der Waals surface area contributed by atoms with E-state index in [0.29, 0.717) is 13.1 Å². The van der Waals surface area contributed by atoms with E-state index in [9.17, 15) is 4.79 Å². The molecule has 0 spiro atoms. The standard InChI is InChI=1S/C20H29N5OS/c1-6-13(2)19(26)25-17-9-7-8-16(10-17)11-22-20(21-5)23-12-18-14(3)24-15(4)27-18/h7-10,13H,6,11-12H2,1-5H3,(H,25,26)(H2,21,22,23). The molecule has 0 aliphatic heterocycles. The SMILES string of the molecule is CCC(C)C(=O)Nc1cccc(CNC(=NC)NCc2sc(C)nc2C)c1. The van der Waals surface area contributed by atoms with Gasteiger partial charge in [0, 0.05) is 30.1 Å². The van der Waals surface area contributed by atoms with Gasteiger partial charge in [0.1, 0.15) is 0 Å². The highest BCUT2D eigenvalue weighted by molar-refractivity contribution is 7.11. The van der Waals surface area contributed by atoms with Gasteiger partial charge < -0.3 is 16.0 Å². The third-order valence-corrected chi connectivity index (χ3v) is 5.43. The van der Waals surface area contributed by atoms with Gasteiger partial charge in [-0.05, 0) is 38.0 Å². The molecule has 0 saturated heterocycles. The molecule has 0 radical (unpaired) electrons. The van der Waals surface area contributed by atoms with E-state index in [2.05, 4.69) is 25.9 Å². The molecule has 2 rings (SSSR count). The number of guanidine groups is 1. The van der Waals surface area contributed by atoms with Crippen molar-refractivity contribution in [3.63, 3.8) is 0 Å². The molecule has 0 fully saturated rings. The molecule has 146 valence electrons. The predicted molar refractivity (Wildman–Crippen MR) is 113 cm³/mol. The molecule has 1 atom stereocenters. The summed E-state index contributed by atoms with van der Waals surface area (Å²) in [5.41, 5.74) is 2.95. The van der Waals surface area contributed by atoms with Gasteiger partial charge in [-0.1, -0.05) is 26.0 Å². The average molecular weight is 388 g/mol. The Kier molecular flexibility index (Phi) is 7.79. The Hall–Kier alpha value is -2.41. The fraction of sp³-hybridized carbons (Fsp3) is 0.450. The number of benzene rings is 1. The molecule has 1 unspecified atom stereocenters. The lowest BCUT2D eigenvalue weighted by molar-refractivity contribution is -0.119. The Balaban J connectivity index is 1.89. The zero-order valence-electron chi connectivity index (χ0n) is 16.7. The summed E-state index contributed by atoms with van der Waals surface area (Å²) in [7, 11) is 1.75. The van der Waals surface area contributed by atoms with Crippen molar-refractivity contribution in [3.8, 4) is 0 Å². The number of aromatic nitrogens is 1. The van der Waals surface area contributed by atoms with Gasteiger partial charge in [0.15, 0.2) is 5.96 Å². The van der Waals surface area contributed by atoms with Crippen LogP contribution in [0.3, 0.4) is 0 Å². The van der Waals surface area contributed by atoms with Gasteiger partial charge in [0.2, 0.25) is 5.91 Å². The number of hydrogen-bond acceptors (Lipinski definition) is 4. The summed E-state index contributed by atoms with van der Waals surface area (Å²) in [5, 5.41) is 10.7. The summed E-state index contributed by atoms with van der Waals surface area (Å²) >= 11 is 1.70. The van der Waals surface area contributed by atoms with Crippen molar-refractivity contribution in [2.75, 3.05) is 12.4 Å². The lowest BCUT2D eigenvalue weighted by Gasteiger charge is -2.13. The molecular weight excluding hydrogens is 358 g/mol. The van der Waals surface area contributed by atoms with Crippen molar-refractivity contribution in [2.45, 2.75) is 47.2 Å². The molecule has 7 heteroatoms. The Bertz CT molecular complexity index is 799. The Morgan fingerprint density at radius 3 is 2.63 bits per heavy atom. The highest BCUT2D eigenvalue weighted by Gasteiger charge is 2.11. The molecule has 1 amide bonds. The van der Waals surface area contributed by atoms with E-state index in [0.717, 1.165) is 34.3 Å². The monoisotopic (exact) mass is 387 g/mol. The van der Waals surface area contributed by atoms with Gasteiger partial charge in [0.25, 0.3) is 0 Å². The second kappa shape index (κ2) is 10.1. The minimum atomic E-state index is 0.00800. The predicted octanol–water partition coefficient (Wildman–Crippen LogP) is 3.61. The van der Waals surface area contributed by atoms with Crippen LogP contribution in [0.2, 0.25) is 0 Å². The second-order valence-electron chi connectivity index (χ2n) is 6.52. The van der Waals surface area contributed by atoms with Gasteiger partial charge >= 0.3 is 0 Å². The molecule has 1 aromatic carbocycles. The quantitative estimate of drug-likeness (QED) is 0.501. The number of carbonyl (C=O) groups is 1. The lowest BCUT2D eigenvalue weighted by Crippen LogP contribution is -2.36. The van der Waals surface area contributed by atoms with E-state index < -0.39 is 0 Å². The molecule has 6 nitrogen and oxygen atoms in total. The fourth-order valence-electron chi connectivity index (χ4n) is 2.52. The van der Waals surface area contributed by atoms with Crippen LogP contribution in [-0.4, -0.2) is 23.9 Å². The van der Waals surface area contributed by atoms with Crippen molar-refractivity contribution >= 4 is 28.9 Å². The van der Waals surface area contributed by atoms with Crippen LogP contribution < -0.4 is 16.0 Å². The van der Waals surface area contributed by atoms with Crippen LogP contribution in [-0.2, 0) is 17.9 Å². The highest BCUT2D eigenvalue weighted by atomic mass is 32.1. The first-order chi connectivity index (χ1) is 12.9. The maximum absolute atomic E-state index is 12.1. The van der Waals surface area contributed by atoms with Crippen molar-refractivity contribution in [1.29, 1.82) is 0 Å². The molecule has 0 aliphatic carbocycles. The van der Waals surface area contributed by atoms with E-state index in [1.807, 2.05) is 52.0 Å². The van der Waals surface area contributed by atoms with Gasteiger partial charge in [-0.2, -0.15) is 0 Å². The van der Waals surface area contributed by atoms with E-state index in [4.69, 9.17) is 0 Å². The second-order valence-corrected chi connectivity index (χ2v) is 7.81. The summed E-state index contributed by atoms with van der Waals surface area (Å²) in [6, 6.07) is 7.86. The van der Waals surface area contributed by atoms with E-state index >= 15 is 0 Å². The average Bonchev–Trinajstić information content (AvgIpc) is 2.98. The van der Waals surface area contributed by atoms with E-state index in [1.165, 1.54) is 4.88 Å². The first-order valence-corrected chi connectivity index (χ1v) is 10.0. The fourth-order valence-corrected chi connectivity index (χ4v) is 3.39. The molecule has 0 aliphatic rings. The minimum Gasteiger partial charge on any atom is -0.352 e. The van der Waals surface area contributed by atoms with Gasteiger partial charge in [0.05, 0.1) is 17.2 Å². The number of thiazole rings is 1. The van der Waals surface area contributed by atoms with Crippen LogP contribution >= 0.6 is 11.3 Å². The summed E-state index contributed by atoms with van der Waals surface area (Å²) in [6.07, 6.45) is 0.827. The van der Waals surface area contributed by atoms with Crippen LogP contribution in [0, 0.1) is 19.8 Å². The van der Waals surface area contributed by atoms with E-state index in [-0.39, 0.29) is 11.8 Å². The van der Waals surface area contributed by atoms with Crippen molar-refractivity contribution in [3.05, 3.63) is 45.4 Å². The number of aryl methyl sites for hydroxylation is 2. The van der Waals surface area contributed by atoms with Crippen LogP contribution in [0.4, 0.5) is 5.69 Å². The number of hydrogen-bond donors (Lipinski definition) is 3. The van der Waals surface area contributed by atoms with Crippen molar-refractivity contribution in [2.24, 2.45) is 10.9 Å². The largest absolute Gasteiger partial charge is 0.352 e. The van der Waals surface area contributed by atoms with Crippen molar-refractivity contribution < 1.29 is 4.79 Å². The summed E-state index contributed by atoms with van der Waals surface area (Å²) in [6.45, 7) is 9.30. The number of rotatable bonds is 7. The third-order valence-electron chi connectivity index (χ3n) is 4.35. The van der Waals surface area contributed by atoms with Gasteiger partial charge in [-0.15, -0.1) is 11.3 Å². The molecule has 0 bridgehead atoms. The summed E-state index contributed by atoms with van der Waals surface area (Å²) < 4.78 is 0. The van der Waals surface area contributed by atoms with Gasteiger partial charge in [-0.3, -0.25) is 9.79 Å². The maximum atomic E-state index is 12.1. The molecule has 27 heavy (non-hydrogen) atoms. The van der Waals surface area contributed by atoms with Crippen LogP contribution in [0.1, 0.15) is 41.4 Å². The zero-order chi connectivity index (χ0) is 19.8. The number of aliphatic imine (C=N–C) groups is 1. The van der Waals surface area contributed by atoms with E-state index in [1.54, 1.807) is 18.4 Å². The number of amides is 1. The number of anilines is 1. The minimum absolute atomic E-state index is 0.00800. The van der Waals surface area contributed by atoms with Crippen molar-refractivity contribution in [1.82, 2.24) is 15.6 Å². The topological polar surface area (TPSA) is 78.4 Å². The maximum Gasteiger partial charge on any atom is 0.227 e. The van der Waals surface area contributed by atoms with Crippen LogP contribution in [0.5, 0.6) is 0 Å². The van der Waals surface area contributed by atoms with Crippen LogP contribution in [0.15, 0.2) is 29.3 Å². The first-order valence-electron chi connectivity index (χ1n) is 9.20. The number of nitrogens with one attached hydrogen (secondary N) is 3. The smallest absolute Gasteiger partial charge is 0.227 e. The number of carbonyl (C=O) groups excluding carboxylic acids is 1. The molecule has 1 aromatic heterocycles.